The van der Waals surface area contributed by atoms with Gasteiger partial charge in [-0.3, -0.25) is 9.59 Å². The zero-order chi connectivity index (χ0) is 34.1. The number of likely N-dealkylation sites (N-methyl/N-ethyl adjacent to an activating group) is 1. The van der Waals surface area contributed by atoms with Gasteiger partial charge in [-0.2, -0.15) is 4.31 Å². The molecule has 14 heteroatoms. The maximum atomic E-state index is 13.3. The van der Waals surface area contributed by atoms with Crippen molar-refractivity contribution >= 4 is 33.8 Å². The fraction of sp³-hybridized carbons (Fsp3) is 0.719. The van der Waals surface area contributed by atoms with Crippen molar-refractivity contribution in [3.63, 3.8) is 0 Å². The molecule has 0 radical (unpaired) electrons. The normalized spacial score (nSPS) is 21.9. The van der Waals surface area contributed by atoms with Gasteiger partial charge in [0.1, 0.15) is 11.6 Å². The molecule has 0 aromatic carbocycles. The number of nitrogens with one attached hydrogen (secondary N) is 3. The lowest BCUT2D eigenvalue weighted by molar-refractivity contribution is -0.145. The molecule has 4 atom stereocenters. The van der Waals surface area contributed by atoms with E-state index < -0.39 is 56.9 Å². The number of likely N-dealkylation sites (tertiary alicyclic amines) is 1. The SMILES string of the molecule is CCCCCCCCC1C[C@]1(NC(=O)[C@@H]1CCCN1C(=O)CNC(=O)NC(CN(C)S(=O)(=O)c1ccccn1)C(C)(C)C)C(=O)O. The van der Waals surface area contributed by atoms with E-state index in [0.717, 1.165) is 36.4 Å². The number of amides is 4. The van der Waals surface area contributed by atoms with Crippen molar-refractivity contribution in [3.05, 3.63) is 24.4 Å². The Hall–Kier alpha value is -3.26. The smallest absolute Gasteiger partial charge is 0.329 e. The van der Waals surface area contributed by atoms with Gasteiger partial charge in [0, 0.05) is 32.4 Å². The Morgan fingerprint density at radius 1 is 1.13 bits per heavy atom. The summed E-state index contributed by atoms with van der Waals surface area (Å²) in [6, 6.07) is 2.52. The van der Waals surface area contributed by atoms with E-state index in [1.807, 2.05) is 20.8 Å². The molecular formula is C32H52N6O7S. The van der Waals surface area contributed by atoms with Gasteiger partial charge in [-0.1, -0.05) is 72.3 Å². The maximum Gasteiger partial charge on any atom is 0.329 e. The van der Waals surface area contributed by atoms with E-state index in [0.29, 0.717) is 25.8 Å². The molecule has 1 aromatic rings. The number of carboxylic acid groups (broad SMARTS) is 1. The molecule has 2 heterocycles. The van der Waals surface area contributed by atoms with E-state index in [1.54, 1.807) is 12.1 Å². The third-order valence-corrected chi connectivity index (χ3v) is 10.9. The molecule has 1 aliphatic heterocycles. The minimum atomic E-state index is -3.89. The number of unbranched alkanes of at least 4 members (excludes halogenated alkanes) is 5. The van der Waals surface area contributed by atoms with Crippen molar-refractivity contribution in [2.75, 3.05) is 26.7 Å². The first-order valence-electron chi connectivity index (χ1n) is 16.4. The number of carbonyl (C=O) groups excluding carboxylic acids is 3. The molecule has 3 rings (SSSR count). The lowest BCUT2D eigenvalue weighted by Gasteiger charge is -2.34. The number of urea groups is 1. The minimum Gasteiger partial charge on any atom is -0.479 e. The number of pyridine rings is 1. The Morgan fingerprint density at radius 2 is 1.83 bits per heavy atom. The summed E-state index contributed by atoms with van der Waals surface area (Å²) in [6.45, 7) is 7.65. The Morgan fingerprint density at radius 3 is 2.46 bits per heavy atom. The molecular weight excluding hydrogens is 612 g/mol. The van der Waals surface area contributed by atoms with Crippen LogP contribution < -0.4 is 16.0 Å². The molecule has 4 amide bonds. The number of aliphatic carboxylic acids is 1. The Labute approximate surface area is 273 Å². The number of nitrogens with zero attached hydrogens (tertiary/aromatic N) is 3. The van der Waals surface area contributed by atoms with Crippen LogP contribution in [0.4, 0.5) is 4.79 Å². The number of hydrogen-bond acceptors (Lipinski definition) is 7. The van der Waals surface area contributed by atoms with E-state index in [4.69, 9.17) is 0 Å². The molecule has 1 aliphatic carbocycles. The van der Waals surface area contributed by atoms with Crippen LogP contribution >= 0.6 is 0 Å². The van der Waals surface area contributed by atoms with Crippen molar-refractivity contribution in [2.24, 2.45) is 11.3 Å². The van der Waals surface area contributed by atoms with Crippen molar-refractivity contribution in [1.29, 1.82) is 0 Å². The molecule has 1 aromatic heterocycles. The predicted molar refractivity (Wildman–Crippen MR) is 173 cm³/mol. The number of rotatable bonds is 17. The van der Waals surface area contributed by atoms with Gasteiger partial charge in [0.25, 0.3) is 10.0 Å². The number of aromatic nitrogens is 1. The second-order valence-electron chi connectivity index (χ2n) is 13.7. The van der Waals surface area contributed by atoms with Gasteiger partial charge in [-0.25, -0.2) is 23.0 Å². The van der Waals surface area contributed by atoms with Gasteiger partial charge in [0.15, 0.2) is 5.03 Å². The Balaban J connectivity index is 1.52. The average Bonchev–Trinajstić information content (AvgIpc) is 3.47. The van der Waals surface area contributed by atoms with Crippen molar-refractivity contribution in [2.45, 2.75) is 115 Å². The monoisotopic (exact) mass is 664 g/mol. The standard InChI is InChI=1S/C32H52N6O7S/c1-6-7-8-9-10-11-15-23-20-32(23,29(41)42)36-28(40)24-16-14-19-38(24)27(39)21-34-30(43)35-25(31(2,3)4)22-37(5)46(44,45)26-17-12-13-18-33-26/h12-13,17-18,23-25H,6-11,14-16,19-22H2,1-5H3,(H,36,40)(H,41,42)(H2,34,35,43)/t23?,24-,25?,32+/m0/s1. The van der Waals surface area contributed by atoms with Crippen molar-refractivity contribution in [1.82, 2.24) is 30.1 Å². The van der Waals surface area contributed by atoms with Crippen LogP contribution in [0.3, 0.4) is 0 Å². The molecule has 2 unspecified atom stereocenters. The molecule has 2 fully saturated rings. The molecule has 0 bridgehead atoms. The summed E-state index contributed by atoms with van der Waals surface area (Å²) in [4.78, 5) is 56.8. The summed E-state index contributed by atoms with van der Waals surface area (Å²) in [5.41, 5.74) is -1.82. The zero-order valence-electron chi connectivity index (χ0n) is 27.9. The lowest BCUT2D eigenvalue weighted by atomic mass is 9.87. The minimum absolute atomic E-state index is 0.0384. The molecule has 1 saturated carbocycles. The highest BCUT2D eigenvalue weighted by Gasteiger charge is 2.61. The summed E-state index contributed by atoms with van der Waals surface area (Å²) in [6.07, 6.45) is 10.1. The first-order valence-corrected chi connectivity index (χ1v) is 17.8. The van der Waals surface area contributed by atoms with E-state index >= 15 is 0 Å². The predicted octanol–water partition coefficient (Wildman–Crippen LogP) is 3.12. The van der Waals surface area contributed by atoms with E-state index in [1.165, 1.54) is 37.1 Å². The van der Waals surface area contributed by atoms with Gasteiger partial charge < -0.3 is 26.0 Å². The van der Waals surface area contributed by atoms with Crippen LogP contribution in [0.25, 0.3) is 0 Å². The fourth-order valence-electron chi connectivity index (χ4n) is 5.98. The number of hydrogen-bond donors (Lipinski definition) is 4. The fourth-order valence-corrected chi connectivity index (χ4v) is 7.09. The molecule has 258 valence electrons. The number of sulfonamides is 1. The first kappa shape index (κ1) is 37.2. The summed E-state index contributed by atoms with van der Waals surface area (Å²) in [7, 11) is -2.48. The van der Waals surface area contributed by atoms with Gasteiger partial charge >= 0.3 is 12.0 Å². The second kappa shape index (κ2) is 16.0. The highest BCUT2D eigenvalue weighted by atomic mass is 32.2. The molecule has 46 heavy (non-hydrogen) atoms. The zero-order valence-corrected chi connectivity index (χ0v) is 28.7. The van der Waals surface area contributed by atoms with E-state index in [9.17, 15) is 32.7 Å². The van der Waals surface area contributed by atoms with Crippen LogP contribution in [0.1, 0.15) is 91.9 Å². The van der Waals surface area contributed by atoms with Gasteiger partial charge in [0.2, 0.25) is 11.8 Å². The topological polar surface area (TPSA) is 178 Å². The molecule has 1 saturated heterocycles. The Bertz CT molecular complexity index is 1320. The van der Waals surface area contributed by atoms with Gasteiger partial charge in [-0.05, 0) is 49.1 Å². The van der Waals surface area contributed by atoms with E-state index in [2.05, 4.69) is 27.9 Å². The largest absolute Gasteiger partial charge is 0.479 e. The van der Waals surface area contributed by atoms with Gasteiger partial charge in [0.05, 0.1) is 6.54 Å². The molecule has 0 spiro atoms. The van der Waals surface area contributed by atoms with Crippen molar-refractivity contribution < 1.29 is 32.7 Å². The molecule has 4 N–H and O–H groups in total. The van der Waals surface area contributed by atoms with Crippen LogP contribution in [0.15, 0.2) is 29.4 Å². The number of carbonyl (C=O) groups is 4. The summed E-state index contributed by atoms with van der Waals surface area (Å²) >= 11 is 0. The molecule has 13 nitrogen and oxygen atoms in total. The Kier molecular flexibility index (Phi) is 13.0. The van der Waals surface area contributed by atoms with Crippen LogP contribution in [0.2, 0.25) is 0 Å². The molecule has 2 aliphatic rings. The third kappa shape index (κ3) is 9.63. The summed E-state index contributed by atoms with van der Waals surface area (Å²) < 4.78 is 27.1. The van der Waals surface area contributed by atoms with Crippen LogP contribution in [-0.4, -0.2) is 95.8 Å². The summed E-state index contributed by atoms with van der Waals surface area (Å²) in [5.74, 6) is -2.10. The highest BCUT2D eigenvalue weighted by Crippen LogP contribution is 2.47. The highest BCUT2D eigenvalue weighted by molar-refractivity contribution is 7.89. The number of carboxylic acids is 1. The van der Waals surface area contributed by atoms with Crippen LogP contribution in [-0.2, 0) is 24.4 Å². The summed E-state index contributed by atoms with van der Waals surface area (Å²) in [5, 5.41) is 17.9. The van der Waals surface area contributed by atoms with Crippen LogP contribution in [0, 0.1) is 11.3 Å². The van der Waals surface area contributed by atoms with E-state index in [-0.39, 0.29) is 24.0 Å². The maximum absolute atomic E-state index is 13.3. The first-order chi connectivity index (χ1) is 21.6. The third-order valence-electron chi connectivity index (χ3n) is 9.12. The second-order valence-corrected chi connectivity index (χ2v) is 15.7. The van der Waals surface area contributed by atoms with Gasteiger partial charge in [-0.15, -0.1) is 0 Å². The quantitative estimate of drug-likeness (QED) is 0.184. The average molecular weight is 665 g/mol. The van der Waals surface area contributed by atoms with Crippen molar-refractivity contribution in [3.8, 4) is 0 Å². The van der Waals surface area contributed by atoms with Crippen LogP contribution in [0.5, 0.6) is 0 Å². The lowest BCUT2D eigenvalue weighted by Crippen LogP contribution is -2.56.